The molecule has 0 aromatic heterocycles. The van der Waals surface area contributed by atoms with E-state index in [0.717, 1.165) is 46.9 Å². The Morgan fingerprint density at radius 1 is 1.27 bits per heavy atom. The Bertz CT molecular complexity index is 1080. The van der Waals surface area contributed by atoms with Gasteiger partial charge in [-0.05, 0) is 38.4 Å². The summed E-state index contributed by atoms with van der Waals surface area (Å²) in [4.78, 5) is 23.5. The van der Waals surface area contributed by atoms with Gasteiger partial charge in [0, 0.05) is 28.7 Å². The number of unbranched alkanes of at least 4 members (excludes halogenated alkanes) is 2. The number of aliphatic carboxylic acids is 1. The highest BCUT2D eigenvalue weighted by atomic mass is 32.2. The maximum Gasteiger partial charge on any atom is 0.332 e. The van der Waals surface area contributed by atoms with Crippen molar-refractivity contribution in [3.05, 3.63) is 29.3 Å². The van der Waals surface area contributed by atoms with Gasteiger partial charge in [0.1, 0.15) is 10.8 Å². The average Bonchev–Trinajstić information content (AvgIpc) is 3.58. The Morgan fingerprint density at radius 2 is 2.03 bits per heavy atom. The fraction of sp³-hybridized carbons (Fsp3) is 0.667. The average molecular weight is 566 g/mol. The summed E-state index contributed by atoms with van der Waals surface area (Å²) in [5.41, 5.74) is 0.243. The van der Waals surface area contributed by atoms with Crippen LogP contribution in [-0.2, 0) is 11.2 Å². The third kappa shape index (κ3) is 5.73. The van der Waals surface area contributed by atoms with E-state index in [0.29, 0.717) is 16.5 Å². The van der Waals surface area contributed by atoms with Crippen LogP contribution in [0.3, 0.4) is 0 Å². The van der Waals surface area contributed by atoms with Crippen LogP contribution in [0.1, 0.15) is 58.1 Å². The molecule has 10 heteroatoms. The van der Waals surface area contributed by atoms with E-state index in [9.17, 15) is 20.1 Å². The zero-order chi connectivity index (χ0) is 27.0. The molecule has 1 saturated heterocycles. The number of aryl methyl sites for hydroxylation is 1. The molecule has 3 aliphatic heterocycles. The smallest absolute Gasteiger partial charge is 0.332 e. The summed E-state index contributed by atoms with van der Waals surface area (Å²) in [6.45, 7) is 7.75. The second kappa shape index (κ2) is 11.5. The maximum atomic E-state index is 11.7. The molecule has 0 amide bonds. The monoisotopic (exact) mass is 565 g/mol. The highest BCUT2D eigenvalue weighted by molar-refractivity contribution is 8.15. The molecule has 1 fully saturated rings. The Kier molecular flexibility index (Phi) is 8.95. The van der Waals surface area contributed by atoms with Gasteiger partial charge in [0.2, 0.25) is 0 Å². The van der Waals surface area contributed by atoms with Crippen LogP contribution in [0, 0.1) is 5.41 Å². The highest BCUT2D eigenvalue weighted by Gasteiger charge is 2.50. The number of aliphatic imine (C=N–C) groups is 2. The molecule has 0 spiro atoms. The number of phenolic OH excluding ortho intramolecular Hbond substituents is 1. The van der Waals surface area contributed by atoms with Gasteiger partial charge in [-0.3, -0.25) is 14.9 Å². The summed E-state index contributed by atoms with van der Waals surface area (Å²) >= 11 is 4.96. The van der Waals surface area contributed by atoms with E-state index in [1.165, 1.54) is 18.2 Å². The molecule has 0 bridgehead atoms. The molecule has 0 radical (unpaired) electrons. The number of benzene rings is 1. The predicted molar refractivity (Wildman–Crippen MR) is 158 cm³/mol. The Labute approximate surface area is 233 Å². The summed E-state index contributed by atoms with van der Waals surface area (Å²) in [7, 11) is 2.05. The lowest BCUT2D eigenvalue weighted by atomic mass is 9.83. The van der Waals surface area contributed by atoms with E-state index in [4.69, 9.17) is 4.99 Å². The van der Waals surface area contributed by atoms with Crippen LogP contribution >= 0.6 is 35.3 Å². The van der Waals surface area contributed by atoms with Crippen LogP contribution in [0.4, 0.5) is 0 Å². The number of aliphatic hydroxyl groups excluding tert-OH is 1. The van der Waals surface area contributed by atoms with Crippen molar-refractivity contribution < 1.29 is 20.1 Å². The number of phenols is 1. The maximum absolute atomic E-state index is 11.7. The SMILES string of the molecule is CCCCCc1cccc(O)c1C1=N[C@H]([C@@H]2SC[C@@H]([C@H](O)C(C)(C)C3=N[C@@](C)(C(=O)O)CS3)N2C)CS1. The number of carboxylic acid groups (broad SMARTS) is 1. The zero-order valence-corrected chi connectivity index (χ0v) is 24.8. The normalized spacial score (nSPS) is 29.4. The van der Waals surface area contributed by atoms with E-state index < -0.39 is 23.0 Å². The number of hydrogen-bond donors (Lipinski definition) is 3. The molecular weight excluding hydrogens is 527 g/mol. The number of hydrogen-bond acceptors (Lipinski definition) is 9. The molecule has 0 aliphatic carbocycles. The Morgan fingerprint density at radius 3 is 2.70 bits per heavy atom. The molecule has 204 valence electrons. The molecule has 4 rings (SSSR count). The van der Waals surface area contributed by atoms with Gasteiger partial charge >= 0.3 is 5.97 Å². The van der Waals surface area contributed by atoms with Crippen molar-refractivity contribution in [2.24, 2.45) is 15.4 Å². The van der Waals surface area contributed by atoms with E-state index in [1.807, 2.05) is 38.7 Å². The van der Waals surface area contributed by atoms with Crippen molar-refractivity contribution >= 4 is 51.3 Å². The van der Waals surface area contributed by atoms with Crippen LogP contribution < -0.4 is 0 Å². The third-order valence-corrected chi connectivity index (χ3v) is 11.9. The number of thioether (sulfide) groups is 3. The zero-order valence-electron chi connectivity index (χ0n) is 22.3. The predicted octanol–water partition coefficient (Wildman–Crippen LogP) is 4.74. The summed E-state index contributed by atoms with van der Waals surface area (Å²) < 4.78 is 0. The van der Waals surface area contributed by atoms with Crippen molar-refractivity contribution in [3.63, 3.8) is 0 Å². The first-order valence-corrected chi connectivity index (χ1v) is 16.0. The minimum Gasteiger partial charge on any atom is -0.507 e. The first-order chi connectivity index (χ1) is 17.5. The van der Waals surface area contributed by atoms with Gasteiger partial charge in [-0.1, -0.05) is 45.7 Å². The third-order valence-electron chi connectivity index (χ3n) is 7.71. The topological polar surface area (TPSA) is 106 Å². The van der Waals surface area contributed by atoms with Crippen LogP contribution in [0.2, 0.25) is 0 Å². The number of carbonyl (C=O) groups is 1. The van der Waals surface area contributed by atoms with Crippen LogP contribution in [0.15, 0.2) is 28.2 Å². The van der Waals surface area contributed by atoms with Gasteiger partial charge in [-0.15, -0.1) is 35.3 Å². The minimum atomic E-state index is -1.14. The molecule has 37 heavy (non-hydrogen) atoms. The number of likely N-dealkylation sites (N-methyl/N-ethyl adjacent to an activating group) is 1. The van der Waals surface area contributed by atoms with Crippen LogP contribution in [0.5, 0.6) is 5.75 Å². The first kappa shape index (κ1) is 28.8. The molecule has 0 saturated carbocycles. The van der Waals surface area contributed by atoms with Crippen LogP contribution in [-0.4, -0.2) is 89.7 Å². The van der Waals surface area contributed by atoms with E-state index >= 15 is 0 Å². The first-order valence-electron chi connectivity index (χ1n) is 13.0. The molecular formula is C27H39N3O4S3. The molecule has 7 nitrogen and oxygen atoms in total. The van der Waals surface area contributed by atoms with Crippen molar-refractivity contribution in [3.8, 4) is 5.75 Å². The molecule has 1 aromatic rings. The summed E-state index contributed by atoms with van der Waals surface area (Å²) in [5.74, 6) is 1.36. The standard InChI is InChI=1S/C27H39N3O4S3/c1-6-7-8-10-16-11-9-12-19(31)20(16)22-28-17(13-35-22)23-30(5)18(14-36-23)21(32)26(2,3)24-29-27(4,15-37-24)25(33)34/h9,11-12,17-18,21,23,31-32H,6-8,10,13-15H2,1-5H3,(H,33,34)/t17-,18-,21-,23-,27+/m0/s1. The molecule has 0 unspecified atom stereocenters. The Balaban J connectivity index is 1.48. The van der Waals surface area contributed by atoms with E-state index in [2.05, 4.69) is 22.9 Å². The quantitative estimate of drug-likeness (QED) is 0.350. The number of aliphatic hydroxyl groups is 1. The van der Waals surface area contributed by atoms with Gasteiger partial charge in [0.25, 0.3) is 0 Å². The van der Waals surface area contributed by atoms with Crippen molar-refractivity contribution in [1.29, 1.82) is 0 Å². The largest absolute Gasteiger partial charge is 0.507 e. The van der Waals surface area contributed by atoms with Crippen molar-refractivity contribution in [2.45, 2.75) is 82.5 Å². The van der Waals surface area contributed by atoms with Gasteiger partial charge in [0.15, 0.2) is 5.54 Å². The van der Waals surface area contributed by atoms with E-state index in [1.54, 1.807) is 24.8 Å². The van der Waals surface area contributed by atoms with Gasteiger partial charge in [-0.25, -0.2) is 4.79 Å². The fourth-order valence-corrected chi connectivity index (χ4v) is 9.39. The summed E-state index contributed by atoms with van der Waals surface area (Å²) in [6, 6.07) is 5.73. The number of carboxylic acids is 1. The van der Waals surface area contributed by atoms with Gasteiger partial charge < -0.3 is 15.3 Å². The lowest BCUT2D eigenvalue weighted by molar-refractivity contribution is -0.141. The molecule has 5 atom stereocenters. The fourth-order valence-electron chi connectivity index (χ4n) is 5.14. The molecule has 3 aliphatic rings. The van der Waals surface area contributed by atoms with E-state index in [-0.39, 0.29) is 17.5 Å². The van der Waals surface area contributed by atoms with Crippen LogP contribution in [0.25, 0.3) is 0 Å². The second-order valence-electron chi connectivity index (χ2n) is 11.0. The molecule has 3 N–H and O–H groups in total. The molecule has 1 aromatic carbocycles. The number of nitrogens with zero attached hydrogens (tertiary/aromatic N) is 3. The minimum absolute atomic E-state index is 0.0620. The second-order valence-corrected chi connectivity index (χ2v) is 14.1. The number of rotatable bonds is 10. The van der Waals surface area contributed by atoms with Crippen molar-refractivity contribution in [2.75, 3.05) is 24.3 Å². The van der Waals surface area contributed by atoms with Crippen molar-refractivity contribution in [1.82, 2.24) is 4.90 Å². The summed E-state index contributed by atoms with van der Waals surface area (Å²) in [6.07, 6.45) is 3.66. The molecule has 3 heterocycles. The van der Waals surface area contributed by atoms with Gasteiger partial charge in [-0.2, -0.15) is 0 Å². The number of aromatic hydroxyl groups is 1. The highest BCUT2D eigenvalue weighted by Crippen LogP contribution is 2.44. The lowest BCUT2D eigenvalue weighted by Gasteiger charge is -2.38. The van der Waals surface area contributed by atoms with Gasteiger partial charge in [0.05, 0.1) is 28.1 Å². The lowest BCUT2D eigenvalue weighted by Crippen LogP contribution is -2.51. The summed E-state index contributed by atoms with van der Waals surface area (Å²) in [5, 5.41) is 33.5. The Hall–Kier alpha value is -1.20.